The molecule has 0 amide bonds. The molecule has 2 nitrogen and oxygen atoms in total. The standard InChI is InChI=1S/C14H21F2NO/c1-3-4-5-6-17-10-11(2)18-14-8-12(15)7-13(16)9-14/h7-9,11,17H,3-6,10H2,1-2H3. The molecule has 0 saturated heterocycles. The molecule has 1 rings (SSSR count). The number of benzene rings is 1. The van der Waals surface area contributed by atoms with Crippen molar-refractivity contribution in [3.05, 3.63) is 29.8 Å². The van der Waals surface area contributed by atoms with Crippen LogP contribution in [-0.4, -0.2) is 19.2 Å². The summed E-state index contributed by atoms with van der Waals surface area (Å²) in [6.45, 7) is 5.64. The van der Waals surface area contributed by atoms with Gasteiger partial charge in [-0.1, -0.05) is 19.8 Å². The fraction of sp³-hybridized carbons (Fsp3) is 0.571. The number of rotatable bonds is 8. The fourth-order valence-corrected chi connectivity index (χ4v) is 1.68. The molecule has 0 radical (unpaired) electrons. The maximum Gasteiger partial charge on any atom is 0.129 e. The first-order valence-corrected chi connectivity index (χ1v) is 6.45. The summed E-state index contributed by atoms with van der Waals surface area (Å²) in [5.74, 6) is -1.00. The third-order valence-corrected chi connectivity index (χ3v) is 2.56. The molecule has 0 spiro atoms. The Hall–Kier alpha value is -1.16. The molecule has 0 aliphatic heterocycles. The van der Waals surface area contributed by atoms with E-state index in [1.54, 1.807) is 0 Å². The maximum atomic E-state index is 12.9. The van der Waals surface area contributed by atoms with Gasteiger partial charge in [-0.3, -0.25) is 0 Å². The number of hydrogen-bond donors (Lipinski definition) is 1. The zero-order chi connectivity index (χ0) is 13.4. The van der Waals surface area contributed by atoms with Gasteiger partial charge in [0.2, 0.25) is 0 Å². The number of hydrogen-bond acceptors (Lipinski definition) is 2. The van der Waals surface area contributed by atoms with Gasteiger partial charge in [-0.15, -0.1) is 0 Å². The first kappa shape index (κ1) is 14.9. The normalized spacial score (nSPS) is 12.4. The second-order valence-corrected chi connectivity index (χ2v) is 4.44. The molecule has 1 atom stereocenters. The van der Waals surface area contributed by atoms with Gasteiger partial charge in [-0.25, -0.2) is 8.78 Å². The lowest BCUT2D eigenvalue weighted by atomic mass is 10.2. The van der Waals surface area contributed by atoms with E-state index in [0.29, 0.717) is 6.54 Å². The van der Waals surface area contributed by atoms with Crippen LogP contribution < -0.4 is 10.1 Å². The summed E-state index contributed by atoms with van der Waals surface area (Å²) >= 11 is 0. The van der Waals surface area contributed by atoms with Gasteiger partial charge in [0.25, 0.3) is 0 Å². The molecule has 1 N–H and O–H groups in total. The Morgan fingerprint density at radius 1 is 1.17 bits per heavy atom. The van der Waals surface area contributed by atoms with E-state index in [0.717, 1.165) is 19.0 Å². The number of nitrogens with one attached hydrogen (secondary N) is 1. The summed E-state index contributed by atoms with van der Waals surface area (Å²) in [6.07, 6.45) is 3.42. The molecule has 1 aromatic rings. The van der Waals surface area contributed by atoms with Crippen LogP contribution in [0.5, 0.6) is 5.75 Å². The maximum absolute atomic E-state index is 12.9. The van der Waals surface area contributed by atoms with E-state index in [2.05, 4.69) is 12.2 Å². The van der Waals surface area contributed by atoms with E-state index >= 15 is 0 Å². The molecule has 4 heteroatoms. The Bertz CT molecular complexity index is 337. The number of ether oxygens (including phenoxy) is 1. The van der Waals surface area contributed by atoms with Crippen molar-refractivity contribution in [1.82, 2.24) is 5.32 Å². The van der Waals surface area contributed by atoms with E-state index in [-0.39, 0.29) is 11.9 Å². The van der Waals surface area contributed by atoms with Gasteiger partial charge in [-0.05, 0) is 19.9 Å². The van der Waals surface area contributed by atoms with Gasteiger partial charge in [-0.2, -0.15) is 0 Å². The average Bonchev–Trinajstić information content (AvgIpc) is 2.27. The van der Waals surface area contributed by atoms with Crippen LogP contribution >= 0.6 is 0 Å². The van der Waals surface area contributed by atoms with Crippen molar-refractivity contribution in [2.45, 2.75) is 39.2 Å². The molecule has 0 aliphatic rings. The van der Waals surface area contributed by atoms with Crippen molar-refractivity contribution in [1.29, 1.82) is 0 Å². The highest BCUT2D eigenvalue weighted by Crippen LogP contribution is 2.16. The minimum absolute atomic E-state index is 0.118. The molecule has 0 bridgehead atoms. The molecular weight excluding hydrogens is 236 g/mol. The van der Waals surface area contributed by atoms with Crippen molar-refractivity contribution in [3.8, 4) is 5.75 Å². The largest absolute Gasteiger partial charge is 0.489 e. The molecule has 102 valence electrons. The first-order chi connectivity index (χ1) is 8.61. The van der Waals surface area contributed by atoms with Gasteiger partial charge < -0.3 is 10.1 Å². The van der Waals surface area contributed by atoms with Gasteiger partial charge in [0.15, 0.2) is 0 Å². The van der Waals surface area contributed by atoms with Crippen LogP contribution in [0.3, 0.4) is 0 Å². The van der Waals surface area contributed by atoms with Crippen molar-refractivity contribution >= 4 is 0 Å². The molecule has 1 aromatic carbocycles. The summed E-state index contributed by atoms with van der Waals surface area (Å²) in [7, 11) is 0. The second kappa shape index (κ2) is 8.03. The van der Waals surface area contributed by atoms with Crippen LogP contribution in [0.2, 0.25) is 0 Å². The van der Waals surface area contributed by atoms with Crippen molar-refractivity contribution in [3.63, 3.8) is 0 Å². The van der Waals surface area contributed by atoms with Crippen molar-refractivity contribution < 1.29 is 13.5 Å². The predicted molar refractivity (Wildman–Crippen MR) is 68.8 cm³/mol. The average molecular weight is 257 g/mol. The van der Waals surface area contributed by atoms with Gasteiger partial charge in [0.05, 0.1) is 0 Å². The molecule has 0 heterocycles. The Morgan fingerprint density at radius 3 is 2.44 bits per heavy atom. The lowest BCUT2D eigenvalue weighted by molar-refractivity contribution is 0.215. The zero-order valence-corrected chi connectivity index (χ0v) is 11.0. The van der Waals surface area contributed by atoms with Crippen LogP contribution in [0.25, 0.3) is 0 Å². The lowest BCUT2D eigenvalue weighted by Gasteiger charge is -2.15. The summed E-state index contributed by atoms with van der Waals surface area (Å²) in [4.78, 5) is 0. The zero-order valence-electron chi connectivity index (χ0n) is 11.0. The van der Waals surface area contributed by atoms with Crippen LogP contribution in [0.1, 0.15) is 33.1 Å². The third kappa shape index (κ3) is 5.96. The summed E-state index contributed by atoms with van der Waals surface area (Å²) in [6, 6.07) is 3.22. The lowest BCUT2D eigenvalue weighted by Crippen LogP contribution is -2.29. The van der Waals surface area contributed by atoms with Gasteiger partial charge in [0, 0.05) is 24.7 Å². The van der Waals surface area contributed by atoms with E-state index < -0.39 is 11.6 Å². The predicted octanol–water partition coefficient (Wildman–Crippen LogP) is 3.51. The Kier molecular flexibility index (Phi) is 6.65. The van der Waals surface area contributed by atoms with Crippen LogP contribution in [0.15, 0.2) is 18.2 Å². The van der Waals surface area contributed by atoms with E-state index in [9.17, 15) is 8.78 Å². The Labute approximate surface area is 107 Å². The first-order valence-electron chi connectivity index (χ1n) is 6.45. The molecule has 1 unspecified atom stereocenters. The third-order valence-electron chi connectivity index (χ3n) is 2.56. The molecule has 0 saturated carbocycles. The molecule has 0 fully saturated rings. The number of halogens is 2. The van der Waals surface area contributed by atoms with E-state index in [1.807, 2.05) is 6.92 Å². The van der Waals surface area contributed by atoms with Crippen LogP contribution in [-0.2, 0) is 0 Å². The fourth-order valence-electron chi connectivity index (χ4n) is 1.68. The van der Waals surface area contributed by atoms with Gasteiger partial charge in [0.1, 0.15) is 23.5 Å². The minimum atomic E-state index is -0.617. The topological polar surface area (TPSA) is 21.3 Å². The molecule has 18 heavy (non-hydrogen) atoms. The smallest absolute Gasteiger partial charge is 0.129 e. The van der Waals surface area contributed by atoms with Crippen molar-refractivity contribution in [2.75, 3.05) is 13.1 Å². The Morgan fingerprint density at radius 2 is 1.83 bits per heavy atom. The summed E-state index contributed by atoms with van der Waals surface area (Å²) in [5.41, 5.74) is 0. The SMILES string of the molecule is CCCCCNCC(C)Oc1cc(F)cc(F)c1. The van der Waals surface area contributed by atoms with Crippen LogP contribution in [0, 0.1) is 11.6 Å². The minimum Gasteiger partial charge on any atom is -0.489 e. The van der Waals surface area contributed by atoms with E-state index in [4.69, 9.17) is 4.74 Å². The Balaban J connectivity index is 2.28. The second-order valence-electron chi connectivity index (χ2n) is 4.44. The molecule has 0 aromatic heterocycles. The summed E-state index contributed by atoms with van der Waals surface area (Å²) in [5, 5.41) is 3.26. The monoisotopic (exact) mass is 257 g/mol. The highest BCUT2D eigenvalue weighted by Gasteiger charge is 2.06. The van der Waals surface area contributed by atoms with Crippen LogP contribution in [0.4, 0.5) is 8.78 Å². The highest BCUT2D eigenvalue weighted by molar-refractivity contribution is 5.24. The van der Waals surface area contributed by atoms with Gasteiger partial charge >= 0.3 is 0 Å². The van der Waals surface area contributed by atoms with E-state index in [1.165, 1.54) is 25.0 Å². The van der Waals surface area contributed by atoms with Crippen molar-refractivity contribution in [2.24, 2.45) is 0 Å². The molecule has 0 aliphatic carbocycles. The quantitative estimate of drug-likeness (QED) is 0.719. The molecular formula is C14H21F2NO. The number of unbranched alkanes of at least 4 members (excludes halogenated alkanes) is 2. The highest BCUT2D eigenvalue weighted by atomic mass is 19.1. The summed E-state index contributed by atoms with van der Waals surface area (Å²) < 4.78 is 31.3.